The van der Waals surface area contributed by atoms with Crippen LogP contribution in [0.25, 0.3) is 6.08 Å². The Morgan fingerprint density at radius 3 is 2.69 bits per heavy atom. The van der Waals surface area contributed by atoms with Crippen LogP contribution in [0.1, 0.15) is 23.2 Å². The fraction of sp³-hybridized carbons (Fsp3) is 0.333. The molecule has 0 bridgehead atoms. The molecule has 0 fully saturated rings. The zero-order chi connectivity index (χ0) is 19.2. The van der Waals surface area contributed by atoms with E-state index in [1.165, 1.54) is 24.3 Å². The number of carbonyl (C=O) groups is 1. The van der Waals surface area contributed by atoms with Crippen molar-refractivity contribution in [3.05, 3.63) is 52.0 Å². The largest absolute Gasteiger partial charge is 0.487 e. The number of hydrogen-bond donors (Lipinski definition) is 0. The summed E-state index contributed by atoms with van der Waals surface area (Å²) in [5.41, 5.74) is 1.40. The summed E-state index contributed by atoms with van der Waals surface area (Å²) in [4.78, 5) is 17.0. The van der Waals surface area contributed by atoms with Gasteiger partial charge in [0.2, 0.25) is 5.91 Å². The minimum absolute atomic E-state index is 0.0238. The summed E-state index contributed by atoms with van der Waals surface area (Å²) in [6.45, 7) is 2.39. The van der Waals surface area contributed by atoms with Crippen LogP contribution in [0.5, 0.6) is 5.75 Å². The van der Waals surface area contributed by atoms with Gasteiger partial charge in [-0.3, -0.25) is 4.79 Å². The molecule has 0 N–H and O–H groups in total. The van der Waals surface area contributed by atoms with Crippen LogP contribution in [0, 0.1) is 6.92 Å². The zero-order valence-electron chi connectivity index (χ0n) is 14.4. The maximum atomic E-state index is 12.5. The number of ether oxygens (including phenoxy) is 1. The van der Waals surface area contributed by atoms with Gasteiger partial charge < -0.3 is 9.64 Å². The molecule has 1 aromatic carbocycles. The van der Waals surface area contributed by atoms with Crippen molar-refractivity contribution >= 4 is 23.3 Å². The van der Waals surface area contributed by atoms with E-state index in [2.05, 4.69) is 4.98 Å². The van der Waals surface area contributed by atoms with Crippen LogP contribution < -0.4 is 4.74 Å². The van der Waals surface area contributed by atoms with Gasteiger partial charge in [0.1, 0.15) is 18.9 Å². The first-order valence-corrected chi connectivity index (χ1v) is 8.83. The molecule has 0 saturated carbocycles. The van der Waals surface area contributed by atoms with E-state index in [4.69, 9.17) is 4.74 Å². The molecule has 1 aromatic heterocycles. The first-order valence-electron chi connectivity index (χ1n) is 7.95. The molecule has 0 aliphatic carbocycles. The minimum Gasteiger partial charge on any atom is -0.487 e. The molecule has 0 radical (unpaired) electrons. The number of para-hydroxylation sites is 1. The first-order chi connectivity index (χ1) is 12.3. The van der Waals surface area contributed by atoms with Crippen molar-refractivity contribution in [1.29, 1.82) is 0 Å². The third-order valence-electron chi connectivity index (χ3n) is 3.43. The Hall–Kier alpha value is -2.35. The number of thiazole rings is 1. The summed E-state index contributed by atoms with van der Waals surface area (Å²) in [5, 5.41) is 2.83. The third kappa shape index (κ3) is 6.18. The number of nitrogens with zero attached hydrogens (tertiary/aromatic N) is 2. The number of likely N-dealkylation sites (N-methyl/N-ethyl adjacent to an activating group) is 1. The predicted molar refractivity (Wildman–Crippen MR) is 95.0 cm³/mol. The Morgan fingerprint density at radius 1 is 1.35 bits per heavy atom. The Bertz CT molecular complexity index is 772. The molecule has 26 heavy (non-hydrogen) atoms. The Kier molecular flexibility index (Phi) is 6.79. The van der Waals surface area contributed by atoms with Crippen LogP contribution in [0.2, 0.25) is 0 Å². The molecule has 0 saturated heterocycles. The number of hydrogen-bond acceptors (Lipinski definition) is 4. The van der Waals surface area contributed by atoms with E-state index in [9.17, 15) is 18.0 Å². The van der Waals surface area contributed by atoms with Gasteiger partial charge in [-0.1, -0.05) is 18.2 Å². The summed E-state index contributed by atoms with van der Waals surface area (Å²) in [7, 11) is 0. The van der Waals surface area contributed by atoms with E-state index in [0.29, 0.717) is 11.3 Å². The summed E-state index contributed by atoms with van der Waals surface area (Å²) in [5.74, 6) is -0.171. The zero-order valence-corrected chi connectivity index (χ0v) is 15.2. The molecule has 0 aliphatic heterocycles. The first kappa shape index (κ1) is 20.0. The molecular formula is C18H19F3N2O2S. The fourth-order valence-electron chi connectivity index (χ4n) is 2.20. The monoisotopic (exact) mass is 384 g/mol. The van der Waals surface area contributed by atoms with E-state index in [0.717, 1.165) is 21.7 Å². The van der Waals surface area contributed by atoms with Crippen LogP contribution in [0.15, 0.2) is 35.7 Å². The van der Waals surface area contributed by atoms with Crippen molar-refractivity contribution in [3.63, 3.8) is 0 Å². The molecule has 1 heterocycles. The lowest BCUT2D eigenvalue weighted by Gasteiger charge is -2.20. The van der Waals surface area contributed by atoms with Crippen LogP contribution in [-0.2, 0) is 11.4 Å². The number of amides is 1. The number of benzene rings is 1. The number of carbonyl (C=O) groups excluding carboxylic acids is 1. The molecule has 8 heteroatoms. The average Bonchev–Trinajstić information content (AvgIpc) is 3.01. The minimum atomic E-state index is -4.42. The van der Waals surface area contributed by atoms with Gasteiger partial charge in [0.05, 0.1) is 10.7 Å². The molecule has 140 valence electrons. The Morgan fingerprint density at radius 2 is 2.08 bits per heavy atom. The van der Waals surface area contributed by atoms with Crippen LogP contribution in [0.4, 0.5) is 13.2 Å². The number of aromatic nitrogens is 1. The van der Waals surface area contributed by atoms with E-state index < -0.39 is 18.6 Å². The molecule has 0 unspecified atom stereocenters. The quantitative estimate of drug-likeness (QED) is 0.662. The Labute approximate surface area is 153 Å². The smallest absolute Gasteiger partial charge is 0.406 e. The van der Waals surface area contributed by atoms with Gasteiger partial charge in [0.25, 0.3) is 0 Å². The molecule has 4 nitrogen and oxygen atoms in total. The van der Waals surface area contributed by atoms with Crippen molar-refractivity contribution in [2.45, 2.75) is 26.6 Å². The van der Waals surface area contributed by atoms with Crippen molar-refractivity contribution in [1.82, 2.24) is 9.88 Å². The molecular weight excluding hydrogens is 365 g/mol. The van der Waals surface area contributed by atoms with Crippen LogP contribution >= 0.6 is 11.3 Å². The van der Waals surface area contributed by atoms with Crippen molar-refractivity contribution in [3.8, 4) is 5.75 Å². The number of halogens is 3. The molecule has 0 atom stereocenters. The van der Waals surface area contributed by atoms with Crippen molar-refractivity contribution in [2.75, 3.05) is 13.1 Å². The van der Waals surface area contributed by atoms with Crippen molar-refractivity contribution < 1.29 is 22.7 Å². The number of aryl methyl sites for hydroxylation is 1. The highest BCUT2D eigenvalue weighted by molar-refractivity contribution is 7.09. The molecule has 0 spiro atoms. The standard InChI is InChI=1S/C18H19F3N2O2S/c1-3-23(12-18(19,20)21)17(24)9-8-14-6-4-5-7-16(14)25-10-15-11-26-13(2)22-15/h4-9,11H,3,10,12H2,1-2H3/b9-8+. The average molecular weight is 384 g/mol. The van der Waals surface area contributed by atoms with Gasteiger partial charge >= 0.3 is 6.18 Å². The van der Waals surface area contributed by atoms with Crippen LogP contribution in [0.3, 0.4) is 0 Å². The lowest BCUT2D eigenvalue weighted by atomic mass is 10.2. The normalized spacial score (nSPS) is 11.7. The highest BCUT2D eigenvalue weighted by Crippen LogP contribution is 2.22. The molecule has 2 aromatic rings. The van der Waals surface area contributed by atoms with Gasteiger partial charge in [0.15, 0.2) is 0 Å². The van der Waals surface area contributed by atoms with Gasteiger partial charge in [-0.05, 0) is 26.0 Å². The topological polar surface area (TPSA) is 42.4 Å². The molecule has 2 rings (SSSR count). The van der Waals surface area contributed by atoms with Crippen LogP contribution in [-0.4, -0.2) is 35.1 Å². The lowest BCUT2D eigenvalue weighted by Crippen LogP contribution is -2.37. The van der Waals surface area contributed by atoms with Crippen molar-refractivity contribution in [2.24, 2.45) is 0 Å². The SMILES string of the molecule is CCN(CC(F)(F)F)C(=O)/C=C/c1ccccc1OCc1csc(C)n1. The highest BCUT2D eigenvalue weighted by atomic mass is 32.1. The van der Waals surface area contributed by atoms with E-state index in [1.54, 1.807) is 24.3 Å². The van der Waals surface area contributed by atoms with Gasteiger partial charge in [-0.25, -0.2) is 4.98 Å². The maximum Gasteiger partial charge on any atom is 0.406 e. The highest BCUT2D eigenvalue weighted by Gasteiger charge is 2.31. The fourth-order valence-corrected chi connectivity index (χ4v) is 2.80. The molecule has 1 amide bonds. The predicted octanol–water partition coefficient (Wildman–Crippen LogP) is 4.45. The second-order valence-corrected chi connectivity index (χ2v) is 6.55. The van der Waals surface area contributed by atoms with E-state index in [-0.39, 0.29) is 13.2 Å². The summed E-state index contributed by atoms with van der Waals surface area (Å²) in [6.07, 6.45) is -1.83. The lowest BCUT2D eigenvalue weighted by molar-refractivity contribution is -0.157. The molecule has 0 aliphatic rings. The second kappa shape index (κ2) is 8.84. The maximum absolute atomic E-state index is 12.5. The number of alkyl halides is 3. The summed E-state index contributed by atoms with van der Waals surface area (Å²) >= 11 is 1.52. The Balaban J connectivity index is 2.06. The van der Waals surface area contributed by atoms with Gasteiger partial charge in [0, 0.05) is 23.6 Å². The van der Waals surface area contributed by atoms with E-state index >= 15 is 0 Å². The third-order valence-corrected chi connectivity index (χ3v) is 4.25. The summed E-state index contributed by atoms with van der Waals surface area (Å²) < 4.78 is 43.2. The summed E-state index contributed by atoms with van der Waals surface area (Å²) in [6, 6.07) is 7.00. The van der Waals surface area contributed by atoms with Gasteiger partial charge in [-0.2, -0.15) is 13.2 Å². The second-order valence-electron chi connectivity index (χ2n) is 5.49. The van der Waals surface area contributed by atoms with Gasteiger partial charge in [-0.15, -0.1) is 11.3 Å². The van der Waals surface area contributed by atoms with E-state index in [1.807, 2.05) is 12.3 Å². The number of rotatable bonds is 7.